The molecule has 0 radical (unpaired) electrons. The van der Waals surface area contributed by atoms with Crippen molar-refractivity contribution in [2.45, 2.75) is 6.61 Å². The van der Waals surface area contributed by atoms with Crippen LogP contribution in [0, 0.1) is 5.82 Å². The number of rotatable bonds is 5. The molecule has 0 saturated carbocycles. The molecule has 0 aliphatic rings. The summed E-state index contributed by atoms with van der Waals surface area (Å²) in [5, 5.41) is 0. The summed E-state index contributed by atoms with van der Waals surface area (Å²) >= 11 is 3.30. The molecule has 0 bridgehead atoms. The third-order valence-electron chi connectivity index (χ3n) is 2.61. The van der Waals surface area contributed by atoms with E-state index in [2.05, 4.69) is 15.9 Å². The maximum absolute atomic E-state index is 13.3. The first-order valence-electron chi connectivity index (χ1n) is 5.77. The van der Waals surface area contributed by atoms with E-state index in [4.69, 9.17) is 4.74 Å². The molecule has 0 aromatic heterocycles. The van der Waals surface area contributed by atoms with E-state index in [1.54, 1.807) is 42.5 Å². The fourth-order valence-electron chi connectivity index (χ4n) is 1.59. The van der Waals surface area contributed by atoms with Crippen LogP contribution in [0.25, 0.3) is 0 Å². The molecule has 4 heteroatoms. The van der Waals surface area contributed by atoms with Crippen molar-refractivity contribution in [3.05, 3.63) is 69.9 Å². The number of benzene rings is 2. The van der Waals surface area contributed by atoms with Gasteiger partial charge >= 0.3 is 0 Å². The normalized spacial score (nSPS) is 10.4. The highest BCUT2D eigenvalue weighted by molar-refractivity contribution is 9.10. The molecule has 0 heterocycles. The number of carbonyl (C=O) groups excluding carboxylic acids is 1. The summed E-state index contributed by atoms with van der Waals surface area (Å²) in [5.41, 5.74) is 1.03. The molecule has 19 heavy (non-hydrogen) atoms. The average Bonchev–Trinajstić information content (AvgIpc) is 2.41. The quantitative estimate of drug-likeness (QED) is 0.778. The summed E-state index contributed by atoms with van der Waals surface area (Å²) in [6.07, 6.45) is 0. The Morgan fingerprint density at radius 1 is 1.11 bits per heavy atom. The van der Waals surface area contributed by atoms with Crippen LogP contribution in [0.2, 0.25) is 0 Å². The second kappa shape index (κ2) is 6.59. The molecule has 2 aromatic rings. The number of hydrogen-bond donors (Lipinski definition) is 0. The van der Waals surface area contributed by atoms with Crippen molar-refractivity contribution in [1.29, 1.82) is 0 Å². The zero-order chi connectivity index (χ0) is 13.7. The molecular formula is C15H12BrFO2. The lowest BCUT2D eigenvalue weighted by atomic mass is 10.1. The Morgan fingerprint density at radius 3 is 2.47 bits per heavy atom. The minimum Gasteiger partial charge on any atom is -0.369 e. The molecule has 0 fully saturated rings. The van der Waals surface area contributed by atoms with Crippen molar-refractivity contribution in [1.82, 2.24) is 0 Å². The van der Waals surface area contributed by atoms with E-state index in [0.717, 1.165) is 4.47 Å². The van der Waals surface area contributed by atoms with Gasteiger partial charge in [0.15, 0.2) is 5.78 Å². The number of ether oxygens (including phenoxy) is 1. The molecule has 98 valence electrons. The highest BCUT2D eigenvalue weighted by Crippen LogP contribution is 2.12. The lowest BCUT2D eigenvalue weighted by Gasteiger charge is -2.05. The predicted octanol–water partition coefficient (Wildman–Crippen LogP) is 3.99. The smallest absolute Gasteiger partial charge is 0.188 e. The van der Waals surface area contributed by atoms with Gasteiger partial charge in [-0.15, -0.1) is 0 Å². The molecule has 0 amide bonds. The topological polar surface area (TPSA) is 26.3 Å². The van der Waals surface area contributed by atoms with E-state index >= 15 is 0 Å². The second-order valence-electron chi connectivity index (χ2n) is 4.01. The molecule has 0 atom stereocenters. The molecule has 0 N–H and O–H groups in total. The Kier molecular flexibility index (Phi) is 4.82. The fraction of sp³-hybridized carbons (Fsp3) is 0.133. The third-order valence-corrected chi connectivity index (χ3v) is 3.14. The number of Topliss-reactive ketones (excluding diaryl/α,β-unsaturated/α-hetero) is 1. The van der Waals surface area contributed by atoms with Gasteiger partial charge in [-0.3, -0.25) is 4.79 Å². The van der Waals surface area contributed by atoms with Crippen LogP contribution >= 0.6 is 15.9 Å². The van der Waals surface area contributed by atoms with Crippen LogP contribution in [0.4, 0.5) is 4.39 Å². The summed E-state index contributed by atoms with van der Waals surface area (Å²) in [6.45, 7) is 0.0326. The molecule has 0 aliphatic heterocycles. The molecule has 2 aromatic carbocycles. The summed E-state index contributed by atoms with van der Waals surface area (Å²) in [6, 6.07) is 13.4. The van der Waals surface area contributed by atoms with Crippen LogP contribution in [0.1, 0.15) is 15.9 Å². The Balaban J connectivity index is 1.88. The van der Waals surface area contributed by atoms with Crippen molar-refractivity contribution >= 4 is 21.7 Å². The first-order chi connectivity index (χ1) is 9.16. The summed E-state index contributed by atoms with van der Waals surface area (Å²) < 4.78 is 19.5. The van der Waals surface area contributed by atoms with E-state index < -0.39 is 0 Å². The van der Waals surface area contributed by atoms with Gasteiger partial charge in [0.2, 0.25) is 0 Å². The standard InChI is InChI=1S/C15H12BrFO2/c16-13-7-5-11(6-8-13)15(18)10-19-9-12-3-1-2-4-14(12)17/h1-8H,9-10H2. The van der Waals surface area contributed by atoms with E-state index in [0.29, 0.717) is 11.1 Å². The molecule has 0 aliphatic carbocycles. The lowest BCUT2D eigenvalue weighted by Crippen LogP contribution is -2.09. The van der Waals surface area contributed by atoms with Crippen LogP contribution < -0.4 is 0 Å². The third kappa shape index (κ3) is 3.98. The van der Waals surface area contributed by atoms with E-state index in [9.17, 15) is 9.18 Å². The van der Waals surface area contributed by atoms with Crippen molar-refractivity contribution < 1.29 is 13.9 Å². The zero-order valence-corrected chi connectivity index (χ0v) is 11.7. The molecule has 0 unspecified atom stereocenters. The van der Waals surface area contributed by atoms with Gasteiger partial charge in [-0.2, -0.15) is 0 Å². The van der Waals surface area contributed by atoms with Crippen molar-refractivity contribution in [3.63, 3.8) is 0 Å². The summed E-state index contributed by atoms with van der Waals surface area (Å²) in [4.78, 5) is 11.8. The Morgan fingerprint density at radius 2 is 1.79 bits per heavy atom. The van der Waals surface area contributed by atoms with Crippen molar-refractivity contribution in [2.75, 3.05) is 6.61 Å². The maximum atomic E-state index is 13.3. The highest BCUT2D eigenvalue weighted by atomic mass is 79.9. The maximum Gasteiger partial charge on any atom is 0.188 e. The number of halogens is 2. The monoisotopic (exact) mass is 322 g/mol. The zero-order valence-electron chi connectivity index (χ0n) is 10.1. The number of ketones is 1. The second-order valence-corrected chi connectivity index (χ2v) is 4.93. The van der Waals surface area contributed by atoms with Gasteiger partial charge in [-0.25, -0.2) is 4.39 Å². The summed E-state index contributed by atoms with van der Waals surface area (Å²) in [7, 11) is 0. The van der Waals surface area contributed by atoms with Gasteiger partial charge in [-0.05, 0) is 18.2 Å². The fourth-order valence-corrected chi connectivity index (χ4v) is 1.85. The van der Waals surface area contributed by atoms with E-state index in [1.807, 2.05) is 0 Å². The SMILES string of the molecule is O=C(COCc1ccccc1F)c1ccc(Br)cc1. The Hall–Kier alpha value is -1.52. The number of hydrogen-bond acceptors (Lipinski definition) is 2. The van der Waals surface area contributed by atoms with Crippen molar-refractivity contribution in [3.8, 4) is 0 Å². The lowest BCUT2D eigenvalue weighted by molar-refractivity contribution is 0.0721. The van der Waals surface area contributed by atoms with Gasteiger partial charge in [0.25, 0.3) is 0 Å². The molecule has 2 rings (SSSR count). The van der Waals surface area contributed by atoms with Gasteiger partial charge in [0.1, 0.15) is 12.4 Å². The minimum absolute atomic E-state index is 0.0596. The minimum atomic E-state index is -0.321. The van der Waals surface area contributed by atoms with Gasteiger partial charge in [-0.1, -0.05) is 46.3 Å². The van der Waals surface area contributed by atoms with Crippen LogP contribution in [0.3, 0.4) is 0 Å². The number of carbonyl (C=O) groups is 1. The van der Waals surface area contributed by atoms with Crippen LogP contribution in [0.5, 0.6) is 0 Å². The highest BCUT2D eigenvalue weighted by Gasteiger charge is 2.07. The Labute approximate surface area is 119 Å². The van der Waals surface area contributed by atoms with E-state index in [-0.39, 0.29) is 24.8 Å². The molecule has 0 saturated heterocycles. The molecule has 0 spiro atoms. The molecular weight excluding hydrogens is 311 g/mol. The van der Waals surface area contributed by atoms with Gasteiger partial charge < -0.3 is 4.74 Å². The van der Waals surface area contributed by atoms with E-state index in [1.165, 1.54) is 6.07 Å². The average molecular weight is 323 g/mol. The predicted molar refractivity (Wildman–Crippen MR) is 74.5 cm³/mol. The summed E-state index contributed by atoms with van der Waals surface area (Å²) in [5.74, 6) is -0.442. The largest absolute Gasteiger partial charge is 0.369 e. The van der Waals surface area contributed by atoms with Gasteiger partial charge in [0.05, 0.1) is 6.61 Å². The first kappa shape index (κ1) is 13.9. The Bertz CT molecular complexity index is 567. The van der Waals surface area contributed by atoms with Crippen LogP contribution in [-0.2, 0) is 11.3 Å². The van der Waals surface area contributed by atoms with Crippen molar-refractivity contribution in [2.24, 2.45) is 0 Å². The first-order valence-corrected chi connectivity index (χ1v) is 6.56. The molecule has 2 nitrogen and oxygen atoms in total. The van der Waals surface area contributed by atoms with Gasteiger partial charge in [0, 0.05) is 15.6 Å². The van der Waals surface area contributed by atoms with Crippen LogP contribution in [-0.4, -0.2) is 12.4 Å². The van der Waals surface area contributed by atoms with Crippen LogP contribution in [0.15, 0.2) is 53.0 Å².